The van der Waals surface area contributed by atoms with Crippen molar-refractivity contribution in [2.75, 3.05) is 7.05 Å². The van der Waals surface area contributed by atoms with Gasteiger partial charge in [0.25, 0.3) is 0 Å². The minimum Gasteiger partial charge on any atom is -0.339 e. The van der Waals surface area contributed by atoms with Crippen LogP contribution in [-0.2, 0) is 13.1 Å². The second-order valence-corrected chi connectivity index (χ2v) is 7.06. The van der Waals surface area contributed by atoms with Crippen LogP contribution < -0.4 is 0 Å². The molecule has 0 bridgehead atoms. The number of rotatable bonds is 6. The van der Waals surface area contributed by atoms with Gasteiger partial charge in [-0.25, -0.2) is 0 Å². The van der Waals surface area contributed by atoms with Gasteiger partial charge >= 0.3 is 0 Å². The highest BCUT2D eigenvalue weighted by molar-refractivity contribution is 6.30. The van der Waals surface area contributed by atoms with Crippen LogP contribution in [0.25, 0.3) is 11.3 Å². The van der Waals surface area contributed by atoms with E-state index in [1.54, 1.807) is 0 Å². The number of benzene rings is 1. The van der Waals surface area contributed by atoms with Crippen LogP contribution in [0.3, 0.4) is 0 Å². The summed E-state index contributed by atoms with van der Waals surface area (Å²) in [5, 5.41) is 12.1. The number of hydrogen-bond donors (Lipinski definition) is 1. The fourth-order valence-electron chi connectivity index (χ4n) is 3.04. The molecule has 4 rings (SSSR count). The molecule has 7 heteroatoms. The summed E-state index contributed by atoms with van der Waals surface area (Å²) >= 11 is 5.97. The summed E-state index contributed by atoms with van der Waals surface area (Å²) in [6.07, 6.45) is 5.45. The Hall–Kier alpha value is -2.18. The molecular formula is C18H20ClN5O. The molecule has 0 unspecified atom stereocenters. The molecule has 25 heavy (non-hydrogen) atoms. The zero-order valence-corrected chi connectivity index (χ0v) is 14.8. The summed E-state index contributed by atoms with van der Waals surface area (Å²) in [6, 6.07) is 7.74. The van der Waals surface area contributed by atoms with Crippen LogP contribution in [0, 0.1) is 0 Å². The van der Waals surface area contributed by atoms with Gasteiger partial charge in [0.05, 0.1) is 18.4 Å². The van der Waals surface area contributed by atoms with Crippen molar-refractivity contribution >= 4 is 11.6 Å². The number of aromatic amines is 1. The van der Waals surface area contributed by atoms with Gasteiger partial charge in [-0.15, -0.1) is 0 Å². The van der Waals surface area contributed by atoms with Gasteiger partial charge in [0, 0.05) is 23.0 Å². The van der Waals surface area contributed by atoms with Crippen LogP contribution in [0.15, 0.2) is 35.0 Å². The van der Waals surface area contributed by atoms with Crippen molar-refractivity contribution in [1.82, 2.24) is 25.2 Å². The van der Waals surface area contributed by atoms with Crippen molar-refractivity contribution < 1.29 is 4.52 Å². The molecule has 0 radical (unpaired) electrons. The lowest BCUT2D eigenvalue weighted by atomic mass is 9.85. The first kappa shape index (κ1) is 16.3. The summed E-state index contributed by atoms with van der Waals surface area (Å²) in [6.45, 7) is 1.38. The topological polar surface area (TPSA) is 70.8 Å². The zero-order chi connectivity index (χ0) is 17.2. The summed E-state index contributed by atoms with van der Waals surface area (Å²) < 4.78 is 5.39. The van der Waals surface area contributed by atoms with Gasteiger partial charge in [0.15, 0.2) is 5.82 Å². The lowest BCUT2D eigenvalue weighted by Gasteiger charge is -2.20. The maximum absolute atomic E-state index is 5.97. The van der Waals surface area contributed by atoms with E-state index >= 15 is 0 Å². The number of halogens is 1. The van der Waals surface area contributed by atoms with E-state index in [1.165, 1.54) is 6.42 Å². The smallest absolute Gasteiger partial charge is 0.229 e. The second-order valence-electron chi connectivity index (χ2n) is 6.63. The predicted octanol–water partition coefficient (Wildman–Crippen LogP) is 4.01. The molecule has 0 amide bonds. The Bertz CT molecular complexity index is 837. The molecule has 3 aromatic rings. The van der Waals surface area contributed by atoms with Crippen LogP contribution in [0.2, 0.25) is 5.02 Å². The van der Waals surface area contributed by atoms with Crippen molar-refractivity contribution in [3.05, 3.63) is 52.8 Å². The molecule has 130 valence electrons. The Balaban J connectivity index is 1.42. The number of hydrogen-bond acceptors (Lipinski definition) is 5. The third-order valence-electron chi connectivity index (χ3n) is 4.64. The van der Waals surface area contributed by atoms with E-state index in [-0.39, 0.29) is 0 Å². The predicted molar refractivity (Wildman–Crippen MR) is 95.1 cm³/mol. The van der Waals surface area contributed by atoms with Crippen molar-refractivity contribution in [3.63, 3.8) is 0 Å². The summed E-state index contributed by atoms with van der Waals surface area (Å²) in [4.78, 5) is 6.69. The van der Waals surface area contributed by atoms with Gasteiger partial charge in [-0.2, -0.15) is 10.1 Å². The standard InChI is InChI=1S/C18H20ClN5O/c1-24(11-16-21-18(25-23-16)13-3-2-4-13)10-14-9-20-22-17(14)12-5-7-15(19)8-6-12/h5-9,13H,2-4,10-11H2,1H3,(H,20,22). The molecule has 1 aliphatic carbocycles. The molecule has 6 nitrogen and oxygen atoms in total. The quantitative estimate of drug-likeness (QED) is 0.721. The van der Waals surface area contributed by atoms with Gasteiger partial charge in [-0.3, -0.25) is 10.00 Å². The lowest BCUT2D eigenvalue weighted by molar-refractivity contribution is 0.281. The fourth-order valence-corrected chi connectivity index (χ4v) is 3.16. The number of nitrogens with one attached hydrogen (secondary N) is 1. The van der Waals surface area contributed by atoms with Crippen molar-refractivity contribution in [2.45, 2.75) is 38.3 Å². The Labute approximate surface area is 151 Å². The Morgan fingerprint density at radius 3 is 2.76 bits per heavy atom. The van der Waals surface area contributed by atoms with Gasteiger partial charge < -0.3 is 4.52 Å². The van der Waals surface area contributed by atoms with E-state index in [0.717, 1.165) is 52.9 Å². The molecule has 0 spiro atoms. The average Bonchev–Trinajstić information content (AvgIpc) is 3.16. The van der Waals surface area contributed by atoms with E-state index in [1.807, 2.05) is 37.5 Å². The fraction of sp³-hybridized carbons (Fsp3) is 0.389. The summed E-state index contributed by atoms with van der Waals surface area (Å²) in [5.41, 5.74) is 3.19. The highest BCUT2D eigenvalue weighted by Crippen LogP contribution is 2.35. The van der Waals surface area contributed by atoms with Crippen LogP contribution in [0.4, 0.5) is 0 Å². The maximum atomic E-state index is 5.97. The van der Waals surface area contributed by atoms with Gasteiger partial charge in [-0.1, -0.05) is 35.3 Å². The molecular weight excluding hydrogens is 338 g/mol. The summed E-state index contributed by atoms with van der Waals surface area (Å²) in [7, 11) is 2.04. The first-order chi connectivity index (χ1) is 12.2. The third-order valence-corrected chi connectivity index (χ3v) is 4.89. The molecule has 1 saturated carbocycles. The highest BCUT2D eigenvalue weighted by Gasteiger charge is 2.25. The second kappa shape index (κ2) is 6.98. The normalized spacial score (nSPS) is 14.8. The van der Waals surface area contributed by atoms with E-state index in [0.29, 0.717) is 12.5 Å². The largest absolute Gasteiger partial charge is 0.339 e. The van der Waals surface area contributed by atoms with Crippen molar-refractivity contribution in [3.8, 4) is 11.3 Å². The minimum atomic E-state index is 0.469. The molecule has 0 saturated heterocycles. The molecule has 1 fully saturated rings. The van der Waals surface area contributed by atoms with Crippen molar-refractivity contribution in [2.24, 2.45) is 0 Å². The molecule has 1 aromatic carbocycles. The van der Waals surface area contributed by atoms with E-state index < -0.39 is 0 Å². The first-order valence-corrected chi connectivity index (χ1v) is 8.86. The highest BCUT2D eigenvalue weighted by atomic mass is 35.5. The molecule has 0 aliphatic heterocycles. The number of aromatic nitrogens is 4. The maximum Gasteiger partial charge on any atom is 0.229 e. The van der Waals surface area contributed by atoms with E-state index in [2.05, 4.69) is 25.2 Å². The number of H-pyrrole nitrogens is 1. The SMILES string of the molecule is CN(Cc1noc(C2CCC2)n1)Cc1cn[nH]c1-c1ccc(Cl)cc1. The molecule has 2 aromatic heterocycles. The minimum absolute atomic E-state index is 0.469. The Morgan fingerprint density at radius 1 is 1.24 bits per heavy atom. The van der Waals surface area contributed by atoms with Crippen LogP contribution in [0.1, 0.15) is 42.5 Å². The van der Waals surface area contributed by atoms with Crippen LogP contribution in [-0.4, -0.2) is 32.3 Å². The first-order valence-electron chi connectivity index (χ1n) is 8.48. The van der Waals surface area contributed by atoms with Gasteiger partial charge in [0.2, 0.25) is 5.89 Å². The molecule has 2 heterocycles. The summed E-state index contributed by atoms with van der Waals surface area (Å²) in [5.74, 6) is 2.00. The van der Waals surface area contributed by atoms with Gasteiger partial charge in [0.1, 0.15) is 0 Å². The third kappa shape index (κ3) is 3.60. The van der Waals surface area contributed by atoms with Crippen LogP contribution >= 0.6 is 11.6 Å². The molecule has 1 N–H and O–H groups in total. The number of nitrogens with zero attached hydrogens (tertiary/aromatic N) is 4. The molecule has 1 aliphatic rings. The Kier molecular flexibility index (Phi) is 4.55. The van der Waals surface area contributed by atoms with Crippen LogP contribution in [0.5, 0.6) is 0 Å². The zero-order valence-electron chi connectivity index (χ0n) is 14.1. The monoisotopic (exact) mass is 357 g/mol. The van der Waals surface area contributed by atoms with Crippen molar-refractivity contribution in [1.29, 1.82) is 0 Å². The molecule has 0 atom stereocenters. The van der Waals surface area contributed by atoms with Gasteiger partial charge in [-0.05, 0) is 37.6 Å². The average molecular weight is 358 g/mol. The Morgan fingerprint density at radius 2 is 2.04 bits per heavy atom. The van der Waals surface area contributed by atoms with E-state index in [9.17, 15) is 0 Å². The van der Waals surface area contributed by atoms with E-state index in [4.69, 9.17) is 16.1 Å². The lowest BCUT2D eigenvalue weighted by Crippen LogP contribution is -2.18.